The highest BCUT2D eigenvalue weighted by Crippen LogP contribution is 2.29. The highest BCUT2D eigenvalue weighted by atomic mass is 32.2. The minimum Gasteiger partial charge on any atom is -0.356 e. The zero-order chi connectivity index (χ0) is 20.1. The summed E-state index contributed by atoms with van der Waals surface area (Å²) in [5.74, 6) is -0.230. The summed E-state index contributed by atoms with van der Waals surface area (Å²) in [7, 11) is 0. The van der Waals surface area contributed by atoms with Gasteiger partial charge in [0.05, 0.1) is 16.8 Å². The molecule has 28 heavy (non-hydrogen) atoms. The monoisotopic (exact) mass is 403 g/mol. The molecule has 0 saturated heterocycles. The first-order valence-corrected chi connectivity index (χ1v) is 9.69. The van der Waals surface area contributed by atoms with Gasteiger partial charge in [0.1, 0.15) is 0 Å². The summed E-state index contributed by atoms with van der Waals surface area (Å²) < 4.78 is 27.7. The van der Waals surface area contributed by atoms with E-state index in [2.05, 4.69) is 10.3 Å². The van der Waals surface area contributed by atoms with Crippen molar-refractivity contribution in [1.82, 2.24) is 14.9 Å². The van der Waals surface area contributed by atoms with Crippen LogP contribution in [0.4, 0.5) is 8.78 Å². The second-order valence-electron chi connectivity index (χ2n) is 6.17. The molecule has 0 unspecified atom stereocenters. The Bertz CT molecular complexity index is 987. The first kappa shape index (κ1) is 20.0. The summed E-state index contributed by atoms with van der Waals surface area (Å²) in [6.45, 7) is -0.739. The molecule has 0 aliphatic carbocycles. The molecular weight excluding hydrogens is 384 g/mol. The molecule has 5 nitrogen and oxygen atoms in total. The summed E-state index contributed by atoms with van der Waals surface area (Å²) in [6.07, 6.45) is 0.668. The number of benzene rings is 2. The number of carbonyl (C=O) groups excluding carboxylic acids is 2. The number of aromatic nitrogens is 2. The van der Waals surface area contributed by atoms with Crippen LogP contribution in [0.5, 0.6) is 0 Å². The molecule has 0 bridgehead atoms. The number of imidazole rings is 1. The standard InChI is InChI=1S/C20H19F2N3O2S/c1-13(26)23-11-10-14-6-8-15(9-7-14)18(27)12-28-20-24-16-4-2-3-5-17(16)25(20)19(21)22/h2-9,19H,10-12H2,1H3,(H,23,26). The molecule has 0 fully saturated rings. The largest absolute Gasteiger partial charge is 0.356 e. The van der Waals surface area contributed by atoms with Crippen LogP contribution >= 0.6 is 11.8 Å². The maximum atomic E-state index is 13.4. The maximum absolute atomic E-state index is 13.4. The molecule has 0 spiro atoms. The number of nitrogens with zero attached hydrogens (tertiary/aromatic N) is 2. The third-order valence-corrected chi connectivity index (χ3v) is 5.11. The predicted molar refractivity (Wildman–Crippen MR) is 105 cm³/mol. The Morgan fingerprint density at radius 3 is 2.54 bits per heavy atom. The fraction of sp³-hybridized carbons (Fsp3) is 0.250. The van der Waals surface area contributed by atoms with Crippen molar-refractivity contribution in [2.75, 3.05) is 12.3 Å². The number of nitrogens with one attached hydrogen (secondary N) is 1. The van der Waals surface area contributed by atoms with Gasteiger partial charge in [0.15, 0.2) is 10.9 Å². The van der Waals surface area contributed by atoms with Crippen molar-refractivity contribution >= 4 is 34.5 Å². The van der Waals surface area contributed by atoms with Gasteiger partial charge in [-0.3, -0.25) is 14.2 Å². The van der Waals surface area contributed by atoms with E-state index >= 15 is 0 Å². The smallest absolute Gasteiger partial charge is 0.321 e. The van der Waals surface area contributed by atoms with Crippen LogP contribution in [0.15, 0.2) is 53.7 Å². The third-order valence-electron chi connectivity index (χ3n) is 4.15. The number of hydrogen-bond acceptors (Lipinski definition) is 4. The van der Waals surface area contributed by atoms with Crippen LogP contribution in [0, 0.1) is 0 Å². The molecule has 3 rings (SSSR count). The van der Waals surface area contributed by atoms with Crippen LogP contribution in [-0.2, 0) is 11.2 Å². The van der Waals surface area contributed by atoms with E-state index in [9.17, 15) is 18.4 Å². The van der Waals surface area contributed by atoms with Crippen LogP contribution in [0.2, 0.25) is 0 Å². The Morgan fingerprint density at radius 1 is 1.14 bits per heavy atom. The van der Waals surface area contributed by atoms with Crippen LogP contribution in [-0.4, -0.2) is 33.5 Å². The Balaban J connectivity index is 1.65. The van der Waals surface area contributed by atoms with Crippen LogP contribution in [0.1, 0.15) is 29.4 Å². The number of rotatable bonds is 8. The van der Waals surface area contributed by atoms with Gasteiger partial charge in [-0.05, 0) is 24.1 Å². The SMILES string of the molecule is CC(=O)NCCc1ccc(C(=O)CSc2nc3ccccc3n2C(F)F)cc1. The van der Waals surface area contributed by atoms with Crippen LogP contribution in [0.25, 0.3) is 11.0 Å². The average molecular weight is 403 g/mol. The quantitative estimate of drug-likeness (QED) is 0.455. The van der Waals surface area contributed by atoms with Crippen molar-refractivity contribution in [3.8, 4) is 0 Å². The number of Topliss-reactive ketones (excluding diaryl/α,β-unsaturated/α-hetero) is 1. The summed E-state index contributed by atoms with van der Waals surface area (Å²) >= 11 is 1.00. The van der Waals surface area contributed by atoms with Crippen molar-refractivity contribution in [1.29, 1.82) is 0 Å². The normalized spacial score (nSPS) is 11.1. The maximum Gasteiger partial charge on any atom is 0.321 e. The molecule has 146 valence electrons. The van der Waals surface area contributed by atoms with Gasteiger partial charge in [0.2, 0.25) is 5.91 Å². The summed E-state index contributed by atoms with van der Waals surface area (Å²) in [5, 5.41) is 2.84. The molecule has 3 aromatic rings. The molecule has 1 N–H and O–H groups in total. The Hall–Kier alpha value is -2.74. The lowest BCUT2D eigenvalue weighted by Gasteiger charge is -2.07. The lowest BCUT2D eigenvalue weighted by molar-refractivity contribution is -0.118. The lowest BCUT2D eigenvalue weighted by Crippen LogP contribution is -2.22. The predicted octanol–water partition coefficient (Wildman–Crippen LogP) is 4.09. The molecule has 8 heteroatoms. The second kappa shape index (κ2) is 8.97. The Morgan fingerprint density at radius 2 is 1.86 bits per heavy atom. The third kappa shape index (κ3) is 4.75. The molecule has 1 heterocycles. The lowest BCUT2D eigenvalue weighted by atomic mass is 10.1. The van der Waals surface area contributed by atoms with Crippen molar-refractivity contribution < 1.29 is 18.4 Å². The van der Waals surface area contributed by atoms with E-state index in [-0.39, 0.29) is 22.6 Å². The highest BCUT2D eigenvalue weighted by Gasteiger charge is 2.19. The number of para-hydroxylation sites is 2. The zero-order valence-corrected chi connectivity index (χ0v) is 16.0. The number of thioether (sulfide) groups is 1. The number of halogens is 2. The summed E-state index contributed by atoms with van der Waals surface area (Å²) in [4.78, 5) is 27.5. The van der Waals surface area contributed by atoms with E-state index in [0.717, 1.165) is 21.9 Å². The van der Waals surface area contributed by atoms with E-state index in [4.69, 9.17) is 0 Å². The number of ketones is 1. The Kier molecular flexibility index (Phi) is 6.41. The Labute approximate surface area is 165 Å². The first-order valence-electron chi connectivity index (χ1n) is 8.70. The molecule has 0 aliphatic rings. The fourth-order valence-corrected chi connectivity index (χ4v) is 3.67. The van der Waals surface area contributed by atoms with Crippen molar-refractivity contribution in [3.63, 3.8) is 0 Å². The van der Waals surface area contributed by atoms with Gasteiger partial charge in [0.25, 0.3) is 0 Å². The number of fused-ring (bicyclic) bond motifs is 1. The van der Waals surface area contributed by atoms with Gasteiger partial charge < -0.3 is 5.32 Å². The minimum atomic E-state index is -2.73. The van der Waals surface area contributed by atoms with E-state index < -0.39 is 6.55 Å². The first-order chi connectivity index (χ1) is 13.5. The van der Waals surface area contributed by atoms with Gasteiger partial charge in [-0.15, -0.1) is 0 Å². The summed E-state index contributed by atoms with van der Waals surface area (Å²) in [5.41, 5.74) is 2.32. The molecule has 0 atom stereocenters. The molecule has 0 aliphatic heterocycles. The van der Waals surface area contributed by atoms with Gasteiger partial charge in [-0.2, -0.15) is 8.78 Å². The molecule has 2 aromatic carbocycles. The van der Waals surface area contributed by atoms with Gasteiger partial charge in [-0.1, -0.05) is 48.2 Å². The van der Waals surface area contributed by atoms with Crippen molar-refractivity contribution in [2.24, 2.45) is 0 Å². The molecule has 1 amide bonds. The number of amides is 1. The number of carbonyl (C=O) groups is 2. The van der Waals surface area contributed by atoms with Crippen molar-refractivity contribution in [2.45, 2.75) is 25.1 Å². The van der Waals surface area contributed by atoms with Gasteiger partial charge in [0, 0.05) is 19.0 Å². The summed E-state index contributed by atoms with van der Waals surface area (Å²) in [6, 6.07) is 13.7. The van der Waals surface area contributed by atoms with Crippen LogP contribution in [0.3, 0.4) is 0 Å². The average Bonchev–Trinajstić information content (AvgIpc) is 3.05. The molecular formula is C20H19F2N3O2S. The van der Waals surface area contributed by atoms with E-state index in [1.54, 1.807) is 36.4 Å². The van der Waals surface area contributed by atoms with Crippen molar-refractivity contribution in [3.05, 3.63) is 59.7 Å². The molecule has 1 aromatic heterocycles. The number of alkyl halides is 2. The highest BCUT2D eigenvalue weighted by molar-refractivity contribution is 7.99. The van der Waals surface area contributed by atoms with Crippen LogP contribution < -0.4 is 5.32 Å². The fourth-order valence-electron chi connectivity index (χ4n) is 2.77. The number of hydrogen-bond donors (Lipinski definition) is 1. The van der Waals surface area contributed by atoms with E-state index in [0.29, 0.717) is 29.6 Å². The molecule has 0 saturated carbocycles. The van der Waals surface area contributed by atoms with Gasteiger partial charge in [-0.25, -0.2) is 4.98 Å². The topological polar surface area (TPSA) is 64.0 Å². The molecule has 0 radical (unpaired) electrons. The van der Waals surface area contributed by atoms with E-state index in [1.165, 1.54) is 6.92 Å². The van der Waals surface area contributed by atoms with E-state index in [1.807, 2.05) is 12.1 Å². The second-order valence-corrected chi connectivity index (χ2v) is 7.11. The zero-order valence-electron chi connectivity index (χ0n) is 15.2. The minimum absolute atomic E-state index is 0.0152. The van der Waals surface area contributed by atoms with Gasteiger partial charge >= 0.3 is 6.55 Å².